The highest BCUT2D eigenvalue weighted by Gasteiger charge is 2.42. The molecule has 2 aromatic heterocycles. The topological polar surface area (TPSA) is 167 Å². The Labute approximate surface area is 310 Å². The van der Waals surface area contributed by atoms with E-state index in [2.05, 4.69) is 73.7 Å². The first kappa shape index (κ1) is 43.7. The van der Waals surface area contributed by atoms with Crippen LogP contribution in [0.3, 0.4) is 0 Å². The molecule has 0 radical (unpaired) electrons. The summed E-state index contributed by atoms with van der Waals surface area (Å²) in [7, 11) is -0.761. The van der Waals surface area contributed by atoms with Crippen molar-refractivity contribution in [3.05, 3.63) is 29.2 Å². The molecule has 0 saturated heterocycles. The molecule has 0 aliphatic heterocycles. The Morgan fingerprint density at radius 2 is 1.48 bits per heavy atom. The molecule has 0 fully saturated rings. The number of carbonyl (C=O) groups is 4. The molecule has 0 bridgehead atoms. The van der Waals surface area contributed by atoms with Gasteiger partial charge in [-0.3, -0.25) is 19.9 Å². The molecule has 52 heavy (non-hydrogen) atoms. The number of carbonyl (C=O) groups excluding carboxylic acids is 3. The number of hydrogen-bond acceptors (Lipinski definition) is 9. The van der Waals surface area contributed by atoms with Gasteiger partial charge in [-0.15, -0.1) is 5.54 Å². The lowest BCUT2D eigenvalue weighted by Crippen LogP contribution is -2.48. The van der Waals surface area contributed by atoms with Crippen molar-refractivity contribution in [3.63, 3.8) is 0 Å². The standard InChI is InChI=1S/C38H59N7O6Si/c1-22(2)52(23(3)4,24(5)6)18-17-29-19-28(20-30(41-29)42-34(47)25(7)45(35(48)49)21-37(10,11)12)32-31(26(8)46)33(40-27(9)39-32)43-44(16)36(50)51-38(13,14)15/h19-20,22-25H,21H2,1-16H3,(H,48,49)(H,39,40,43)(H,41,42,47). The highest BCUT2D eigenvalue weighted by atomic mass is 28.3. The van der Waals surface area contributed by atoms with Gasteiger partial charge >= 0.3 is 12.2 Å². The lowest BCUT2D eigenvalue weighted by Gasteiger charge is -2.38. The average molecular weight is 738 g/mol. The molecule has 1 unspecified atom stereocenters. The third kappa shape index (κ3) is 11.2. The molecule has 286 valence electrons. The number of Topliss-reactive ketones (excluding diaryl/α,β-unsaturated/α-hetero) is 1. The molecule has 2 rings (SSSR count). The molecule has 13 nitrogen and oxygen atoms in total. The van der Waals surface area contributed by atoms with Crippen LogP contribution in [0.15, 0.2) is 12.1 Å². The van der Waals surface area contributed by atoms with Gasteiger partial charge in [-0.1, -0.05) is 68.2 Å². The molecule has 14 heteroatoms. The van der Waals surface area contributed by atoms with Gasteiger partial charge in [0, 0.05) is 19.2 Å². The quantitative estimate of drug-likeness (QED) is 0.0886. The number of amides is 3. The summed E-state index contributed by atoms with van der Waals surface area (Å²) in [5.41, 5.74) is 7.50. The second-order valence-electron chi connectivity index (χ2n) is 16.5. The smallest absolute Gasteiger partial charge is 0.428 e. The number of aromatic nitrogens is 3. The molecular formula is C38H59N7O6Si. The number of ketones is 1. The van der Waals surface area contributed by atoms with E-state index in [1.165, 1.54) is 20.9 Å². The third-order valence-electron chi connectivity index (χ3n) is 8.67. The highest BCUT2D eigenvalue weighted by Crippen LogP contribution is 2.41. The lowest BCUT2D eigenvalue weighted by atomic mass is 9.95. The molecule has 1 atom stereocenters. The van der Waals surface area contributed by atoms with Gasteiger partial charge in [-0.2, -0.15) is 0 Å². The van der Waals surface area contributed by atoms with E-state index in [1.54, 1.807) is 39.8 Å². The van der Waals surface area contributed by atoms with Gasteiger partial charge in [0.2, 0.25) is 5.91 Å². The minimum Gasteiger partial charge on any atom is -0.465 e. The summed E-state index contributed by atoms with van der Waals surface area (Å²) in [5.74, 6) is 2.85. The zero-order valence-electron chi connectivity index (χ0n) is 33.9. The zero-order valence-corrected chi connectivity index (χ0v) is 34.9. The van der Waals surface area contributed by atoms with Crippen molar-refractivity contribution in [1.82, 2.24) is 24.9 Å². The van der Waals surface area contributed by atoms with Crippen LogP contribution >= 0.6 is 0 Å². The van der Waals surface area contributed by atoms with Crippen LogP contribution in [0.1, 0.15) is 119 Å². The van der Waals surface area contributed by atoms with E-state index < -0.39 is 43.2 Å². The maximum absolute atomic E-state index is 13.6. The Hall–Kier alpha value is -4.51. The first-order valence-corrected chi connectivity index (χ1v) is 19.9. The maximum atomic E-state index is 13.6. The number of ether oxygens (including phenoxy) is 1. The van der Waals surface area contributed by atoms with E-state index in [-0.39, 0.29) is 35.2 Å². The number of aryl methyl sites for hydroxylation is 1. The normalized spacial score (nSPS) is 12.6. The van der Waals surface area contributed by atoms with E-state index in [0.29, 0.717) is 33.7 Å². The fourth-order valence-electron chi connectivity index (χ4n) is 6.38. The molecule has 0 aliphatic rings. The number of anilines is 2. The third-order valence-corrected chi connectivity index (χ3v) is 15.0. The largest absolute Gasteiger partial charge is 0.465 e. The van der Waals surface area contributed by atoms with E-state index in [4.69, 9.17) is 9.72 Å². The Kier molecular flexibility index (Phi) is 14.2. The van der Waals surface area contributed by atoms with Crippen LogP contribution in [-0.2, 0) is 9.53 Å². The fourth-order valence-corrected chi connectivity index (χ4v) is 11.6. The van der Waals surface area contributed by atoms with Gasteiger partial charge in [-0.05, 0) is 75.7 Å². The van der Waals surface area contributed by atoms with Crippen molar-refractivity contribution in [2.45, 2.75) is 132 Å². The summed E-state index contributed by atoms with van der Waals surface area (Å²) in [6, 6.07) is 2.23. The van der Waals surface area contributed by atoms with Gasteiger partial charge in [0.1, 0.15) is 37.1 Å². The number of hydrogen-bond donors (Lipinski definition) is 3. The van der Waals surface area contributed by atoms with Crippen molar-refractivity contribution in [3.8, 4) is 22.7 Å². The molecule has 0 aliphatic carbocycles. The van der Waals surface area contributed by atoms with E-state index in [9.17, 15) is 24.3 Å². The Morgan fingerprint density at radius 3 is 1.94 bits per heavy atom. The van der Waals surface area contributed by atoms with Crippen molar-refractivity contribution < 1.29 is 29.0 Å². The van der Waals surface area contributed by atoms with E-state index in [0.717, 1.165) is 9.91 Å². The monoisotopic (exact) mass is 737 g/mol. The first-order valence-electron chi connectivity index (χ1n) is 17.7. The molecule has 3 N–H and O–H groups in total. The van der Waals surface area contributed by atoms with Crippen LogP contribution in [0.2, 0.25) is 16.6 Å². The number of hydrazine groups is 1. The summed E-state index contributed by atoms with van der Waals surface area (Å²) in [4.78, 5) is 66.8. The predicted octanol–water partition coefficient (Wildman–Crippen LogP) is 8.17. The van der Waals surface area contributed by atoms with Crippen LogP contribution < -0.4 is 10.7 Å². The predicted molar refractivity (Wildman–Crippen MR) is 208 cm³/mol. The average Bonchev–Trinajstić information content (AvgIpc) is 2.97. The van der Waals surface area contributed by atoms with Crippen LogP contribution in [0, 0.1) is 23.8 Å². The van der Waals surface area contributed by atoms with Gasteiger partial charge in [0.05, 0.1) is 11.3 Å². The summed E-state index contributed by atoms with van der Waals surface area (Å²) in [5, 5.41) is 13.9. The SMILES string of the molecule is CC(=O)c1c(NN(C)C(=O)OC(C)(C)C)nc(C)nc1-c1cc(C#C[Si](C(C)C)(C(C)C)C(C)C)nc(NC(=O)C(C)N(CC(C)(C)C)C(=O)O)c1. The molecule has 2 heterocycles. The van der Waals surface area contributed by atoms with Crippen LogP contribution in [0.4, 0.5) is 21.2 Å². The molecule has 0 spiro atoms. The molecule has 0 aromatic carbocycles. The molecule has 0 saturated carbocycles. The van der Waals surface area contributed by atoms with Gasteiger partial charge in [-0.25, -0.2) is 29.5 Å². The number of pyridine rings is 1. The van der Waals surface area contributed by atoms with Gasteiger partial charge < -0.3 is 15.2 Å². The van der Waals surface area contributed by atoms with Crippen molar-refractivity contribution >= 4 is 43.6 Å². The summed E-state index contributed by atoms with van der Waals surface area (Å²) in [6.07, 6.45) is -1.91. The van der Waals surface area contributed by atoms with Crippen LogP contribution in [0.5, 0.6) is 0 Å². The number of carboxylic acid groups (broad SMARTS) is 1. The fraction of sp³-hybridized carbons (Fsp3) is 0.605. The van der Waals surface area contributed by atoms with Crippen molar-refractivity contribution in [1.29, 1.82) is 0 Å². The first-order chi connectivity index (χ1) is 23.7. The number of nitrogens with one attached hydrogen (secondary N) is 2. The minimum atomic E-state index is -2.22. The summed E-state index contributed by atoms with van der Waals surface area (Å²) in [6.45, 7) is 28.8. The zero-order chi connectivity index (χ0) is 40.1. The summed E-state index contributed by atoms with van der Waals surface area (Å²) >= 11 is 0. The molecule has 3 amide bonds. The Balaban J connectivity index is 2.88. The van der Waals surface area contributed by atoms with Crippen LogP contribution in [0.25, 0.3) is 11.3 Å². The van der Waals surface area contributed by atoms with E-state index >= 15 is 0 Å². The van der Waals surface area contributed by atoms with Crippen molar-refractivity contribution in [2.75, 3.05) is 24.3 Å². The second kappa shape index (κ2) is 16.9. The van der Waals surface area contributed by atoms with E-state index in [1.807, 2.05) is 20.8 Å². The Morgan fingerprint density at radius 1 is 0.923 bits per heavy atom. The van der Waals surface area contributed by atoms with Gasteiger partial charge in [0.25, 0.3) is 0 Å². The number of nitrogens with zero attached hydrogens (tertiary/aromatic N) is 5. The van der Waals surface area contributed by atoms with Crippen LogP contribution in [-0.4, -0.2) is 87.2 Å². The minimum absolute atomic E-state index is 0.0807. The number of rotatable bonds is 11. The lowest BCUT2D eigenvalue weighted by molar-refractivity contribution is -0.120. The van der Waals surface area contributed by atoms with Crippen molar-refractivity contribution in [2.24, 2.45) is 5.41 Å². The summed E-state index contributed by atoms with van der Waals surface area (Å²) < 4.78 is 5.46. The molecule has 2 aromatic rings. The highest BCUT2D eigenvalue weighted by molar-refractivity contribution is 6.90. The second-order valence-corrected chi connectivity index (χ2v) is 22.0. The Bertz CT molecular complexity index is 1700. The van der Waals surface area contributed by atoms with Gasteiger partial charge in [0.15, 0.2) is 11.6 Å². The maximum Gasteiger partial charge on any atom is 0.428 e. The molecular weight excluding hydrogens is 679 g/mol.